The van der Waals surface area contributed by atoms with E-state index in [1.807, 2.05) is 0 Å². The van der Waals surface area contributed by atoms with Gasteiger partial charge in [0, 0.05) is 12.5 Å². The van der Waals surface area contributed by atoms with E-state index in [1.54, 1.807) is 6.92 Å². The topological polar surface area (TPSA) is 154 Å². The van der Waals surface area contributed by atoms with Crippen LogP contribution in [0.2, 0.25) is 0 Å². The Morgan fingerprint density at radius 2 is 1.88 bits per heavy atom. The first-order valence-electron chi connectivity index (χ1n) is 10.8. The fraction of sp³-hybridized carbons (Fsp3) is 0.500. The maximum absolute atomic E-state index is 13.7. The normalized spacial score (nSPS) is 17.3. The van der Waals surface area contributed by atoms with Crippen LogP contribution in [0.3, 0.4) is 0 Å². The summed E-state index contributed by atoms with van der Waals surface area (Å²) in [7, 11) is 0. The van der Waals surface area contributed by atoms with Crippen LogP contribution >= 0.6 is 0 Å². The largest absolute Gasteiger partial charge is 0.389 e. The molecule has 5 N–H and O–H groups in total. The molecular weight excluding hydrogens is 435 g/mol. The van der Waals surface area contributed by atoms with Gasteiger partial charge in [-0.3, -0.25) is 24.0 Å². The summed E-state index contributed by atoms with van der Waals surface area (Å²) < 4.78 is 13.7. The first-order chi connectivity index (χ1) is 15.8. The maximum Gasteiger partial charge on any atom is 0.313 e. The van der Waals surface area contributed by atoms with Crippen molar-refractivity contribution in [3.63, 3.8) is 0 Å². The second kappa shape index (κ2) is 12.6. The number of para-hydroxylation sites is 1. The summed E-state index contributed by atoms with van der Waals surface area (Å²) in [5.74, 6) is -5.15. The number of rotatable bonds is 10. The van der Waals surface area contributed by atoms with Crippen LogP contribution in [0.5, 0.6) is 0 Å². The van der Waals surface area contributed by atoms with E-state index in [1.165, 1.54) is 18.2 Å². The van der Waals surface area contributed by atoms with E-state index in [-0.39, 0.29) is 24.4 Å². The van der Waals surface area contributed by atoms with Gasteiger partial charge in [0.2, 0.25) is 11.8 Å². The lowest BCUT2D eigenvalue weighted by Crippen LogP contribution is -2.54. The van der Waals surface area contributed by atoms with Crippen molar-refractivity contribution >= 4 is 35.1 Å². The summed E-state index contributed by atoms with van der Waals surface area (Å²) in [6.07, 6.45) is 1.92. The minimum absolute atomic E-state index is 0.0114. The molecule has 0 radical (unpaired) electrons. The molecule has 33 heavy (non-hydrogen) atoms. The third-order valence-corrected chi connectivity index (χ3v) is 5.31. The number of piperidine rings is 1. The number of aliphatic hydroxyl groups is 1. The number of benzene rings is 1. The summed E-state index contributed by atoms with van der Waals surface area (Å²) in [4.78, 5) is 61.5. The molecule has 1 aromatic carbocycles. The number of nitrogens with one attached hydrogen (secondary N) is 4. The Morgan fingerprint density at radius 3 is 2.52 bits per heavy atom. The lowest BCUT2D eigenvalue weighted by atomic mass is 9.90. The van der Waals surface area contributed by atoms with E-state index in [4.69, 9.17) is 0 Å². The van der Waals surface area contributed by atoms with Crippen molar-refractivity contribution in [2.75, 3.05) is 18.5 Å². The van der Waals surface area contributed by atoms with E-state index < -0.39 is 53.9 Å². The Bertz CT molecular complexity index is 893. The molecule has 0 saturated carbocycles. The molecule has 1 heterocycles. The van der Waals surface area contributed by atoms with Gasteiger partial charge in [-0.2, -0.15) is 0 Å². The van der Waals surface area contributed by atoms with Crippen LogP contribution in [0.25, 0.3) is 0 Å². The number of carbonyl (C=O) groups is 5. The maximum atomic E-state index is 13.7. The highest BCUT2D eigenvalue weighted by molar-refractivity contribution is 6.40. The SMILES string of the molecule is CCCC(NC(=O)C(=O)Nc1ccccc1F)C(=O)NC(CC1CCCNC1=O)C(=O)CO. The molecule has 2 rings (SSSR count). The van der Waals surface area contributed by atoms with Crippen molar-refractivity contribution < 1.29 is 33.5 Å². The van der Waals surface area contributed by atoms with Crippen LogP contribution in [-0.2, 0) is 24.0 Å². The minimum Gasteiger partial charge on any atom is -0.389 e. The average molecular weight is 464 g/mol. The van der Waals surface area contributed by atoms with E-state index in [9.17, 15) is 33.5 Å². The van der Waals surface area contributed by atoms with Crippen molar-refractivity contribution in [3.05, 3.63) is 30.1 Å². The molecule has 1 aromatic rings. The van der Waals surface area contributed by atoms with Gasteiger partial charge in [-0.25, -0.2) is 4.39 Å². The summed E-state index contributed by atoms with van der Waals surface area (Å²) in [6.45, 7) is 1.48. The highest BCUT2D eigenvalue weighted by Gasteiger charge is 2.32. The molecule has 0 spiro atoms. The first-order valence-corrected chi connectivity index (χ1v) is 10.8. The molecule has 1 fully saturated rings. The van der Waals surface area contributed by atoms with E-state index in [0.717, 1.165) is 12.5 Å². The van der Waals surface area contributed by atoms with Gasteiger partial charge in [-0.1, -0.05) is 25.5 Å². The quantitative estimate of drug-likeness (QED) is 0.308. The highest BCUT2D eigenvalue weighted by atomic mass is 19.1. The van der Waals surface area contributed by atoms with E-state index in [0.29, 0.717) is 19.4 Å². The molecule has 1 aliphatic heterocycles. The number of hydrogen-bond donors (Lipinski definition) is 5. The summed E-state index contributed by atoms with van der Waals surface area (Å²) in [5, 5.41) is 18.9. The Balaban J connectivity index is 2.04. The Kier molecular flexibility index (Phi) is 9.92. The van der Waals surface area contributed by atoms with Crippen molar-refractivity contribution in [2.24, 2.45) is 5.92 Å². The van der Waals surface area contributed by atoms with E-state index >= 15 is 0 Å². The highest BCUT2D eigenvalue weighted by Crippen LogP contribution is 2.18. The number of aliphatic hydroxyl groups excluding tert-OH is 1. The number of halogens is 1. The van der Waals surface area contributed by atoms with Crippen molar-refractivity contribution in [3.8, 4) is 0 Å². The first kappa shape index (κ1) is 25.9. The van der Waals surface area contributed by atoms with Gasteiger partial charge >= 0.3 is 11.8 Å². The number of anilines is 1. The molecule has 0 bridgehead atoms. The number of ketones is 1. The smallest absolute Gasteiger partial charge is 0.313 e. The zero-order valence-corrected chi connectivity index (χ0v) is 18.4. The molecular formula is C22H29FN4O6. The van der Waals surface area contributed by atoms with Crippen LogP contribution in [0, 0.1) is 11.7 Å². The number of Topliss-reactive ketones (excluding diaryl/α,β-unsaturated/α-hetero) is 1. The fourth-order valence-corrected chi connectivity index (χ4v) is 3.52. The molecule has 3 unspecified atom stereocenters. The van der Waals surface area contributed by atoms with Crippen molar-refractivity contribution in [1.82, 2.24) is 16.0 Å². The molecule has 180 valence electrons. The molecule has 11 heteroatoms. The van der Waals surface area contributed by atoms with Crippen LogP contribution < -0.4 is 21.3 Å². The van der Waals surface area contributed by atoms with Gasteiger partial charge in [-0.05, 0) is 37.8 Å². The van der Waals surface area contributed by atoms with Crippen molar-refractivity contribution in [2.45, 2.75) is 51.1 Å². The molecule has 4 amide bonds. The monoisotopic (exact) mass is 464 g/mol. The summed E-state index contributed by atoms with van der Waals surface area (Å²) >= 11 is 0. The number of carbonyl (C=O) groups excluding carboxylic acids is 5. The molecule has 1 aliphatic rings. The van der Waals surface area contributed by atoms with Crippen molar-refractivity contribution in [1.29, 1.82) is 0 Å². The van der Waals surface area contributed by atoms with Gasteiger partial charge in [-0.15, -0.1) is 0 Å². The Labute approximate surface area is 190 Å². The Morgan fingerprint density at radius 1 is 1.15 bits per heavy atom. The molecule has 10 nitrogen and oxygen atoms in total. The summed E-state index contributed by atoms with van der Waals surface area (Å²) in [6, 6.07) is 3.03. The average Bonchev–Trinajstić information content (AvgIpc) is 2.80. The second-order valence-electron chi connectivity index (χ2n) is 7.80. The predicted molar refractivity (Wildman–Crippen MR) is 116 cm³/mol. The number of amides is 4. The Hall–Kier alpha value is -3.34. The zero-order valence-electron chi connectivity index (χ0n) is 18.4. The lowest BCUT2D eigenvalue weighted by molar-refractivity contribution is -0.138. The van der Waals surface area contributed by atoms with Gasteiger partial charge in [0.25, 0.3) is 0 Å². The van der Waals surface area contributed by atoms with Gasteiger partial charge in [0.1, 0.15) is 18.5 Å². The third kappa shape index (κ3) is 7.63. The molecule has 3 atom stereocenters. The van der Waals surface area contributed by atoms with Crippen LogP contribution in [0.4, 0.5) is 10.1 Å². The zero-order chi connectivity index (χ0) is 24.4. The number of hydrogen-bond acceptors (Lipinski definition) is 6. The molecule has 0 aromatic heterocycles. The summed E-state index contributed by atoms with van der Waals surface area (Å²) in [5.41, 5.74) is -0.187. The molecule has 0 aliphatic carbocycles. The van der Waals surface area contributed by atoms with Crippen LogP contribution in [-0.4, -0.2) is 59.8 Å². The fourth-order valence-electron chi connectivity index (χ4n) is 3.52. The predicted octanol–water partition coefficient (Wildman–Crippen LogP) is 0.0116. The van der Waals surface area contributed by atoms with Crippen LogP contribution in [0.1, 0.15) is 39.0 Å². The van der Waals surface area contributed by atoms with Gasteiger partial charge in [0.05, 0.1) is 11.7 Å². The van der Waals surface area contributed by atoms with Crippen LogP contribution in [0.15, 0.2) is 24.3 Å². The third-order valence-electron chi connectivity index (χ3n) is 5.31. The minimum atomic E-state index is -1.16. The standard InChI is InChI=1S/C22H29FN4O6/c1-2-6-16(26-22(33)21(32)25-15-9-4-3-8-14(15)23)20(31)27-17(18(29)12-28)11-13-7-5-10-24-19(13)30/h3-4,8-9,13,16-17,28H,2,5-7,10-12H2,1H3,(H,24,30)(H,25,32)(H,26,33)(H,27,31). The van der Waals surface area contributed by atoms with Gasteiger partial charge < -0.3 is 26.4 Å². The molecule has 1 saturated heterocycles. The second-order valence-corrected chi connectivity index (χ2v) is 7.80. The van der Waals surface area contributed by atoms with Gasteiger partial charge in [0.15, 0.2) is 5.78 Å². The lowest BCUT2D eigenvalue weighted by Gasteiger charge is -2.27. The van der Waals surface area contributed by atoms with E-state index in [2.05, 4.69) is 21.3 Å².